The Kier molecular flexibility index (Phi) is 6.06. The van der Waals surface area contributed by atoms with E-state index in [2.05, 4.69) is 17.2 Å². The summed E-state index contributed by atoms with van der Waals surface area (Å²) in [5, 5.41) is 14.3. The Labute approximate surface area is 171 Å². The van der Waals surface area contributed by atoms with E-state index in [1.54, 1.807) is 6.20 Å². The zero-order chi connectivity index (χ0) is 20.1. The van der Waals surface area contributed by atoms with Gasteiger partial charge < -0.3 is 10.0 Å². The first kappa shape index (κ1) is 19.4. The number of carbonyl (C=O) groups is 1. The molecule has 0 saturated carbocycles. The van der Waals surface area contributed by atoms with Crippen LogP contribution in [0.2, 0.25) is 0 Å². The summed E-state index contributed by atoms with van der Waals surface area (Å²) in [6.07, 6.45) is 4.89. The van der Waals surface area contributed by atoms with Crippen molar-refractivity contribution in [3.63, 3.8) is 0 Å². The largest absolute Gasteiger partial charge is 0.392 e. The number of aryl methyl sites for hydroxylation is 1. The maximum atomic E-state index is 12.6. The van der Waals surface area contributed by atoms with Gasteiger partial charge in [-0.05, 0) is 37.0 Å². The van der Waals surface area contributed by atoms with Crippen LogP contribution in [0.25, 0.3) is 5.69 Å². The number of carbonyl (C=O) groups excluding carboxylic acids is 1. The average Bonchev–Trinajstić information content (AvgIpc) is 3.23. The van der Waals surface area contributed by atoms with Gasteiger partial charge in [0.2, 0.25) is 5.91 Å². The van der Waals surface area contributed by atoms with Crippen LogP contribution in [0.15, 0.2) is 66.9 Å². The summed E-state index contributed by atoms with van der Waals surface area (Å²) >= 11 is 0. The van der Waals surface area contributed by atoms with Crippen molar-refractivity contribution >= 4 is 5.91 Å². The van der Waals surface area contributed by atoms with Gasteiger partial charge >= 0.3 is 0 Å². The minimum absolute atomic E-state index is 0.0155. The molecular weight excluding hydrogens is 362 g/mol. The van der Waals surface area contributed by atoms with Gasteiger partial charge in [0.1, 0.15) is 0 Å². The molecule has 0 atom stereocenters. The number of rotatable bonds is 6. The standard InChI is InChI=1S/C24H27N3O2/c28-18-21-17-25-27(22-9-5-2-6-10-22)24(21)20-13-15-26(16-14-20)23(29)12-11-19-7-3-1-4-8-19/h1-10,17,20,28H,11-16,18H2. The molecule has 4 rings (SSSR count). The van der Waals surface area contributed by atoms with E-state index in [-0.39, 0.29) is 18.4 Å². The zero-order valence-electron chi connectivity index (χ0n) is 16.6. The second-order valence-electron chi connectivity index (χ2n) is 7.60. The van der Waals surface area contributed by atoms with E-state index >= 15 is 0 Å². The smallest absolute Gasteiger partial charge is 0.222 e. The van der Waals surface area contributed by atoms with Crippen molar-refractivity contribution in [3.05, 3.63) is 83.7 Å². The fourth-order valence-electron chi connectivity index (χ4n) is 4.18. The molecular formula is C24H27N3O2. The SMILES string of the molecule is O=C(CCc1ccccc1)N1CCC(c2c(CO)cnn2-c2ccccc2)CC1. The fourth-order valence-corrected chi connectivity index (χ4v) is 4.18. The van der Waals surface area contributed by atoms with E-state index in [9.17, 15) is 9.90 Å². The third kappa shape index (κ3) is 4.40. The monoisotopic (exact) mass is 389 g/mol. The van der Waals surface area contributed by atoms with E-state index in [1.165, 1.54) is 5.56 Å². The van der Waals surface area contributed by atoms with Crippen LogP contribution < -0.4 is 0 Å². The number of piperidine rings is 1. The molecule has 0 aliphatic carbocycles. The van der Waals surface area contributed by atoms with Crippen LogP contribution in [-0.4, -0.2) is 38.8 Å². The van der Waals surface area contributed by atoms with Crippen LogP contribution in [0.5, 0.6) is 0 Å². The molecule has 1 aromatic heterocycles. The van der Waals surface area contributed by atoms with Gasteiger partial charge in [-0.2, -0.15) is 5.10 Å². The molecule has 1 aliphatic heterocycles. The van der Waals surface area contributed by atoms with Crippen molar-refractivity contribution < 1.29 is 9.90 Å². The first-order valence-electron chi connectivity index (χ1n) is 10.3. The molecule has 1 N–H and O–H groups in total. The number of aromatic nitrogens is 2. The molecule has 0 radical (unpaired) electrons. The van der Waals surface area contributed by atoms with Gasteiger partial charge in [0.05, 0.1) is 24.2 Å². The molecule has 2 heterocycles. The van der Waals surface area contributed by atoms with Crippen LogP contribution in [0.3, 0.4) is 0 Å². The molecule has 0 spiro atoms. The van der Waals surface area contributed by atoms with E-state index in [4.69, 9.17) is 0 Å². The minimum Gasteiger partial charge on any atom is -0.392 e. The van der Waals surface area contributed by atoms with Crippen LogP contribution in [0, 0.1) is 0 Å². The normalized spacial score (nSPS) is 14.9. The van der Waals surface area contributed by atoms with E-state index < -0.39 is 0 Å². The molecule has 1 aliphatic rings. The number of aliphatic hydroxyl groups excluding tert-OH is 1. The number of benzene rings is 2. The summed E-state index contributed by atoms with van der Waals surface area (Å²) in [5.74, 6) is 0.518. The highest BCUT2D eigenvalue weighted by atomic mass is 16.3. The van der Waals surface area contributed by atoms with Gasteiger partial charge in [-0.1, -0.05) is 48.5 Å². The number of hydrogen-bond donors (Lipinski definition) is 1. The van der Waals surface area contributed by atoms with Crippen molar-refractivity contribution in [3.8, 4) is 5.69 Å². The number of likely N-dealkylation sites (tertiary alicyclic amines) is 1. The van der Waals surface area contributed by atoms with Crippen molar-refractivity contribution in [2.45, 2.75) is 38.2 Å². The van der Waals surface area contributed by atoms with Gasteiger partial charge in [-0.15, -0.1) is 0 Å². The molecule has 0 bridgehead atoms. The molecule has 5 nitrogen and oxygen atoms in total. The Bertz CT molecular complexity index is 929. The summed E-state index contributed by atoms with van der Waals surface area (Å²) in [6, 6.07) is 20.2. The summed E-state index contributed by atoms with van der Waals surface area (Å²) in [5.41, 5.74) is 4.16. The topological polar surface area (TPSA) is 58.4 Å². The third-order valence-corrected chi connectivity index (χ3v) is 5.76. The van der Waals surface area contributed by atoms with Crippen LogP contribution >= 0.6 is 0 Å². The number of aliphatic hydroxyl groups is 1. The second-order valence-corrected chi connectivity index (χ2v) is 7.60. The molecule has 1 amide bonds. The Hall–Kier alpha value is -2.92. The molecule has 1 saturated heterocycles. The molecule has 5 heteroatoms. The first-order chi connectivity index (χ1) is 14.3. The first-order valence-corrected chi connectivity index (χ1v) is 10.3. The Morgan fingerprint density at radius 2 is 1.66 bits per heavy atom. The number of para-hydroxylation sites is 1. The minimum atomic E-state index is -0.0155. The van der Waals surface area contributed by atoms with Crippen molar-refractivity contribution in [1.82, 2.24) is 14.7 Å². The summed E-state index contributed by atoms with van der Waals surface area (Å²) < 4.78 is 1.95. The highest BCUT2D eigenvalue weighted by Crippen LogP contribution is 2.32. The lowest BCUT2D eigenvalue weighted by Gasteiger charge is -2.33. The predicted molar refractivity (Wildman–Crippen MR) is 113 cm³/mol. The van der Waals surface area contributed by atoms with E-state index in [1.807, 2.05) is 58.1 Å². The van der Waals surface area contributed by atoms with Gasteiger partial charge in [-0.3, -0.25) is 4.79 Å². The zero-order valence-corrected chi connectivity index (χ0v) is 16.6. The number of amides is 1. The highest BCUT2D eigenvalue weighted by Gasteiger charge is 2.28. The van der Waals surface area contributed by atoms with Gasteiger partial charge in [0.15, 0.2) is 0 Å². The molecule has 150 valence electrons. The van der Waals surface area contributed by atoms with Crippen LogP contribution in [0.1, 0.15) is 42.0 Å². The molecule has 3 aromatic rings. The van der Waals surface area contributed by atoms with Crippen LogP contribution in [0.4, 0.5) is 0 Å². The predicted octanol–water partition coefficient (Wildman–Crippen LogP) is 3.70. The Morgan fingerprint density at radius 3 is 2.31 bits per heavy atom. The number of nitrogens with zero attached hydrogens (tertiary/aromatic N) is 3. The van der Waals surface area contributed by atoms with Crippen molar-refractivity contribution in [1.29, 1.82) is 0 Å². The number of hydrogen-bond acceptors (Lipinski definition) is 3. The molecule has 1 fully saturated rings. The molecule has 0 unspecified atom stereocenters. The Morgan fingerprint density at radius 1 is 1.00 bits per heavy atom. The maximum absolute atomic E-state index is 12.6. The van der Waals surface area contributed by atoms with Gasteiger partial charge in [-0.25, -0.2) is 4.68 Å². The second kappa shape index (κ2) is 9.05. The van der Waals surface area contributed by atoms with Crippen LogP contribution in [-0.2, 0) is 17.8 Å². The summed E-state index contributed by atoms with van der Waals surface area (Å²) in [4.78, 5) is 14.6. The Balaban J connectivity index is 1.41. The third-order valence-electron chi connectivity index (χ3n) is 5.76. The van der Waals surface area contributed by atoms with E-state index in [0.29, 0.717) is 6.42 Å². The summed E-state index contributed by atoms with van der Waals surface area (Å²) in [7, 11) is 0. The van der Waals surface area contributed by atoms with Crippen molar-refractivity contribution in [2.24, 2.45) is 0 Å². The lowest BCUT2D eigenvalue weighted by molar-refractivity contribution is -0.132. The summed E-state index contributed by atoms with van der Waals surface area (Å²) in [6.45, 7) is 1.49. The highest BCUT2D eigenvalue weighted by molar-refractivity contribution is 5.76. The average molecular weight is 389 g/mol. The quantitative estimate of drug-likeness (QED) is 0.699. The maximum Gasteiger partial charge on any atom is 0.222 e. The van der Waals surface area contributed by atoms with E-state index in [0.717, 1.165) is 49.3 Å². The molecule has 2 aromatic carbocycles. The lowest BCUT2D eigenvalue weighted by atomic mass is 9.90. The van der Waals surface area contributed by atoms with Crippen molar-refractivity contribution in [2.75, 3.05) is 13.1 Å². The molecule has 29 heavy (non-hydrogen) atoms. The van der Waals surface area contributed by atoms with Gasteiger partial charge in [0, 0.05) is 31.0 Å². The lowest BCUT2D eigenvalue weighted by Crippen LogP contribution is -2.38. The van der Waals surface area contributed by atoms with Gasteiger partial charge in [0.25, 0.3) is 0 Å². The fraction of sp³-hybridized carbons (Fsp3) is 0.333.